The summed E-state index contributed by atoms with van der Waals surface area (Å²) >= 11 is 0. The lowest BCUT2D eigenvalue weighted by Crippen LogP contribution is -2.46. The van der Waals surface area contributed by atoms with E-state index in [9.17, 15) is 19.8 Å². The number of esters is 1. The molecule has 0 aromatic carbocycles. The van der Waals surface area contributed by atoms with Crippen LogP contribution in [0.4, 0.5) is 0 Å². The summed E-state index contributed by atoms with van der Waals surface area (Å²) < 4.78 is 5.96. The molecule has 0 aliphatic carbocycles. The van der Waals surface area contributed by atoms with Gasteiger partial charge in [-0.25, -0.2) is 0 Å². The summed E-state index contributed by atoms with van der Waals surface area (Å²) in [5, 5.41) is 23.8. The van der Waals surface area contributed by atoms with Crippen molar-refractivity contribution in [2.24, 2.45) is 0 Å². The fourth-order valence-electron chi connectivity index (χ4n) is 9.19. The molecule has 0 saturated carbocycles. The van der Waals surface area contributed by atoms with E-state index in [0.29, 0.717) is 19.3 Å². The predicted octanol–water partition coefficient (Wildman–Crippen LogP) is 17.7. The zero-order valence-electron chi connectivity index (χ0n) is 43.4. The van der Waals surface area contributed by atoms with Crippen LogP contribution in [0.5, 0.6) is 0 Å². The van der Waals surface area contributed by atoms with Crippen molar-refractivity contribution in [3.05, 3.63) is 12.2 Å². The predicted molar refractivity (Wildman–Crippen MR) is 278 cm³/mol. The van der Waals surface area contributed by atoms with E-state index in [1.807, 2.05) is 0 Å². The Balaban J connectivity index is 4.49. The molecule has 0 aliphatic rings. The summed E-state index contributed by atoms with van der Waals surface area (Å²) in [7, 11) is 0. The Bertz CT molecular complexity index is 970. The minimum absolute atomic E-state index is 0.0745. The van der Waals surface area contributed by atoms with E-state index in [0.717, 1.165) is 57.8 Å². The maximum Gasteiger partial charge on any atom is 0.306 e. The average Bonchev–Trinajstić information content (AvgIpc) is 3.29. The fraction of sp³-hybridized carbons (Fsp3) is 0.931. The number of hydrogen-bond acceptors (Lipinski definition) is 5. The molecule has 0 saturated heterocycles. The molecular formula is C58H113NO5. The smallest absolute Gasteiger partial charge is 0.306 e. The van der Waals surface area contributed by atoms with E-state index in [4.69, 9.17) is 4.74 Å². The number of unbranched alkanes of at least 4 members (excludes halogenated alkanes) is 39. The van der Waals surface area contributed by atoms with Gasteiger partial charge in [-0.3, -0.25) is 9.59 Å². The molecule has 0 aromatic rings. The number of rotatable bonds is 53. The lowest BCUT2D eigenvalue weighted by molar-refractivity contribution is -0.151. The summed E-state index contributed by atoms with van der Waals surface area (Å²) in [6.07, 6.45) is 60.0. The Morgan fingerprint density at radius 1 is 0.438 bits per heavy atom. The molecule has 6 nitrogen and oxygen atoms in total. The molecule has 0 radical (unpaired) electrons. The lowest BCUT2D eigenvalue weighted by Gasteiger charge is -2.24. The van der Waals surface area contributed by atoms with Gasteiger partial charge in [0.05, 0.1) is 25.2 Å². The zero-order valence-corrected chi connectivity index (χ0v) is 43.4. The van der Waals surface area contributed by atoms with Crippen LogP contribution in [0.25, 0.3) is 0 Å². The van der Waals surface area contributed by atoms with Gasteiger partial charge < -0.3 is 20.3 Å². The monoisotopic (exact) mass is 904 g/mol. The van der Waals surface area contributed by atoms with Crippen molar-refractivity contribution < 1.29 is 24.5 Å². The number of aliphatic hydroxyl groups excluding tert-OH is 2. The number of amides is 1. The van der Waals surface area contributed by atoms with Gasteiger partial charge in [0.1, 0.15) is 6.10 Å². The van der Waals surface area contributed by atoms with Crippen molar-refractivity contribution in [2.75, 3.05) is 6.61 Å². The fourth-order valence-corrected chi connectivity index (χ4v) is 9.19. The van der Waals surface area contributed by atoms with E-state index >= 15 is 0 Å². The molecular weight excluding hydrogens is 791 g/mol. The molecule has 0 bridgehead atoms. The number of aliphatic hydroxyl groups is 2. The summed E-state index contributed by atoms with van der Waals surface area (Å²) in [6.45, 7) is 6.51. The van der Waals surface area contributed by atoms with E-state index < -0.39 is 18.2 Å². The number of carbonyl (C=O) groups is 2. The van der Waals surface area contributed by atoms with Crippen molar-refractivity contribution in [1.82, 2.24) is 5.32 Å². The van der Waals surface area contributed by atoms with Crippen molar-refractivity contribution in [3.63, 3.8) is 0 Å². The second kappa shape index (κ2) is 52.6. The molecule has 6 heteroatoms. The highest BCUT2D eigenvalue weighted by molar-refractivity contribution is 5.77. The maximum absolute atomic E-state index is 13.2. The first-order chi connectivity index (χ1) is 31.5. The largest absolute Gasteiger partial charge is 0.462 e. The van der Waals surface area contributed by atoms with Crippen LogP contribution in [-0.4, -0.2) is 46.9 Å². The Morgan fingerprint density at radius 2 is 0.750 bits per heavy atom. The van der Waals surface area contributed by atoms with E-state index in [1.165, 1.54) is 218 Å². The molecule has 0 fully saturated rings. The van der Waals surface area contributed by atoms with Crippen LogP contribution in [-0.2, 0) is 14.3 Å². The van der Waals surface area contributed by atoms with Gasteiger partial charge in [0.15, 0.2) is 0 Å². The minimum Gasteiger partial charge on any atom is -0.462 e. The van der Waals surface area contributed by atoms with Crippen LogP contribution in [0, 0.1) is 0 Å². The molecule has 0 aromatic heterocycles. The van der Waals surface area contributed by atoms with E-state index in [2.05, 4.69) is 38.2 Å². The van der Waals surface area contributed by atoms with E-state index in [-0.39, 0.29) is 24.9 Å². The summed E-state index contributed by atoms with van der Waals surface area (Å²) in [4.78, 5) is 26.2. The number of hydrogen-bond donors (Lipinski definition) is 3. The second-order valence-electron chi connectivity index (χ2n) is 20.1. The van der Waals surface area contributed by atoms with Crippen LogP contribution in [0.15, 0.2) is 12.2 Å². The highest BCUT2D eigenvalue weighted by atomic mass is 16.5. The first-order valence-electron chi connectivity index (χ1n) is 28.9. The van der Waals surface area contributed by atoms with Crippen molar-refractivity contribution in [1.29, 1.82) is 0 Å². The first kappa shape index (κ1) is 62.6. The number of nitrogens with one attached hydrogen (secondary N) is 1. The van der Waals surface area contributed by atoms with Gasteiger partial charge in [-0.05, 0) is 51.4 Å². The quantitative estimate of drug-likeness (QED) is 0.0321. The van der Waals surface area contributed by atoms with Crippen LogP contribution in [0.3, 0.4) is 0 Å². The van der Waals surface area contributed by atoms with Gasteiger partial charge in [-0.15, -0.1) is 0 Å². The minimum atomic E-state index is -0.785. The number of ether oxygens (including phenoxy) is 1. The van der Waals surface area contributed by atoms with Crippen LogP contribution in [0.1, 0.15) is 323 Å². The SMILES string of the molecule is CCCCCCCCCCC/C=C/CCCCCC(CC(=O)NC(CO)C(O)CCCCCCCCCCCC)OC(=O)CCCCCCCCCCCCCCCCCCCCC. The summed E-state index contributed by atoms with van der Waals surface area (Å²) in [5.74, 6) is -0.467. The highest BCUT2D eigenvalue weighted by Crippen LogP contribution is 2.19. The van der Waals surface area contributed by atoms with Crippen LogP contribution in [0.2, 0.25) is 0 Å². The van der Waals surface area contributed by atoms with Gasteiger partial charge in [0.25, 0.3) is 0 Å². The third-order valence-electron chi connectivity index (χ3n) is 13.6. The Hall–Kier alpha value is -1.40. The van der Waals surface area contributed by atoms with Crippen molar-refractivity contribution in [2.45, 2.75) is 341 Å². The molecule has 380 valence electrons. The molecule has 0 spiro atoms. The van der Waals surface area contributed by atoms with Crippen LogP contribution < -0.4 is 5.32 Å². The lowest BCUT2D eigenvalue weighted by atomic mass is 10.0. The maximum atomic E-state index is 13.2. The Kier molecular flexibility index (Phi) is 51.4. The van der Waals surface area contributed by atoms with Crippen molar-refractivity contribution in [3.8, 4) is 0 Å². The third-order valence-corrected chi connectivity index (χ3v) is 13.6. The average molecular weight is 905 g/mol. The second-order valence-corrected chi connectivity index (χ2v) is 20.1. The van der Waals surface area contributed by atoms with Gasteiger partial charge in [-0.2, -0.15) is 0 Å². The molecule has 0 heterocycles. The normalized spacial score (nSPS) is 13.1. The van der Waals surface area contributed by atoms with Crippen LogP contribution >= 0.6 is 0 Å². The highest BCUT2D eigenvalue weighted by Gasteiger charge is 2.24. The summed E-state index contributed by atoms with van der Waals surface area (Å²) in [5.41, 5.74) is 0. The van der Waals surface area contributed by atoms with Gasteiger partial charge in [0.2, 0.25) is 5.91 Å². The zero-order chi connectivity index (χ0) is 46.7. The Morgan fingerprint density at radius 3 is 1.12 bits per heavy atom. The topological polar surface area (TPSA) is 95.9 Å². The van der Waals surface area contributed by atoms with Gasteiger partial charge in [0, 0.05) is 6.42 Å². The number of allylic oxidation sites excluding steroid dienone is 2. The van der Waals surface area contributed by atoms with E-state index in [1.54, 1.807) is 0 Å². The standard InChI is InChI=1S/C58H113NO5/c1-4-7-10-13-16-19-22-24-26-28-29-30-32-34-36-39-42-45-48-51-58(63)64-54(49-46-43-40-37-35-33-31-27-25-23-20-17-14-11-8-5-2)52-57(62)59-55(53-60)56(61)50-47-44-41-38-21-18-15-12-9-6-3/h33,35,54-56,60-61H,4-32,34,36-53H2,1-3H3,(H,59,62)/b35-33+. The molecule has 0 rings (SSSR count). The van der Waals surface area contributed by atoms with Gasteiger partial charge in [-0.1, -0.05) is 270 Å². The van der Waals surface area contributed by atoms with Crippen molar-refractivity contribution >= 4 is 11.9 Å². The third kappa shape index (κ3) is 47.1. The molecule has 1 amide bonds. The van der Waals surface area contributed by atoms with Gasteiger partial charge >= 0.3 is 5.97 Å². The molecule has 3 atom stereocenters. The number of carbonyl (C=O) groups excluding carboxylic acids is 2. The molecule has 3 N–H and O–H groups in total. The molecule has 3 unspecified atom stereocenters. The summed E-state index contributed by atoms with van der Waals surface area (Å²) in [6, 6.07) is -0.700. The molecule has 64 heavy (non-hydrogen) atoms. The molecule has 0 aliphatic heterocycles. The first-order valence-corrected chi connectivity index (χ1v) is 28.9. The Labute approximate surface area is 399 Å².